The molecule has 1 aliphatic heterocycles. The molecule has 10 heteroatoms. The summed E-state index contributed by atoms with van der Waals surface area (Å²) < 4.78 is 46.2. The molecule has 2 amide bonds. The van der Waals surface area contributed by atoms with E-state index >= 15 is 0 Å². The molecule has 1 aliphatic rings. The average Bonchev–Trinajstić information content (AvgIpc) is 2.85. The van der Waals surface area contributed by atoms with Crippen LogP contribution < -0.4 is 15.4 Å². The molecular weight excluding hydrogens is 463 g/mol. The Hall–Kier alpha value is -3.63. The van der Waals surface area contributed by atoms with E-state index in [1.54, 1.807) is 0 Å². The number of hydrogen-bond acceptors (Lipinski definition) is 5. The van der Waals surface area contributed by atoms with Crippen molar-refractivity contribution in [3.63, 3.8) is 0 Å². The van der Waals surface area contributed by atoms with E-state index in [0.717, 1.165) is 28.5 Å². The smallest absolute Gasteiger partial charge is 0.406 e. The number of alkyl halides is 3. The van der Waals surface area contributed by atoms with Crippen molar-refractivity contribution in [3.8, 4) is 5.75 Å². The third-order valence-electron chi connectivity index (χ3n) is 5.68. The van der Waals surface area contributed by atoms with E-state index in [9.17, 15) is 22.8 Å². The Morgan fingerprint density at radius 2 is 1.63 bits per heavy atom. The van der Waals surface area contributed by atoms with Crippen molar-refractivity contribution in [2.75, 3.05) is 38.2 Å². The van der Waals surface area contributed by atoms with Crippen LogP contribution in [0.1, 0.15) is 11.6 Å². The highest BCUT2D eigenvalue weighted by atomic mass is 19.4. The summed E-state index contributed by atoms with van der Waals surface area (Å²) in [4.78, 5) is 27.2. The number of hydrogen-bond donors (Lipinski definition) is 2. The Labute approximate surface area is 199 Å². The molecule has 0 bridgehead atoms. The van der Waals surface area contributed by atoms with Crippen molar-refractivity contribution in [3.05, 3.63) is 72.3 Å². The lowest BCUT2D eigenvalue weighted by Gasteiger charge is -2.35. The first-order chi connectivity index (χ1) is 16.8. The summed E-state index contributed by atoms with van der Waals surface area (Å²) in [6.07, 6.45) is -4.81. The Balaban J connectivity index is 1.43. The zero-order valence-corrected chi connectivity index (χ0v) is 18.7. The summed E-state index contributed by atoms with van der Waals surface area (Å²) in [5, 5.41) is 7.22. The van der Waals surface area contributed by atoms with Gasteiger partial charge in [-0.2, -0.15) is 0 Å². The van der Waals surface area contributed by atoms with E-state index in [1.807, 2.05) is 42.5 Å². The van der Waals surface area contributed by atoms with Gasteiger partial charge in [0.25, 0.3) is 0 Å². The first-order valence-electron chi connectivity index (χ1n) is 11.0. The van der Waals surface area contributed by atoms with Gasteiger partial charge in [-0.3, -0.25) is 14.5 Å². The SMILES string of the molecule is O=C(NC[C@H](c1cccc2ccccc12)N1CCOCC1)C(=O)Nc1ccc(OC(F)(F)F)cc1. The van der Waals surface area contributed by atoms with Crippen LogP contribution in [0.25, 0.3) is 10.8 Å². The van der Waals surface area contributed by atoms with Gasteiger partial charge in [0, 0.05) is 25.3 Å². The topological polar surface area (TPSA) is 79.9 Å². The Morgan fingerprint density at radius 1 is 0.943 bits per heavy atom. The second-order valence-electron chi connectivity index (χ2n) is 7.97. The molecule has 7 nitrogen and oxygen atoms in total. The molecule has 4 rings (SSSR count). The van der Waals surface area contributed by atoms with E-state index in [2.05, 4.69) is 20.3 Å². The van der Waals surface area contributed by atoms with Crippen LogP contribution in [0.2, 0.25) is 0 Å². The van der Waals surface area contributed by atoms with Crippen molar-refractivity contribution in [2.24, 2.45) is 0 Å². The summed E-state index contributed by atoms with van der Waals surface area (Å²) in [5.74, 6) is -2.20. The number of halogens is 3. The molecule has 0 radical (unpaired) electrons. The first kappa shape index (κ1) is 24.5. The molecular formula is C25H24F3N3O4. The zero-order valence-electron chi connectivity index (χ0n) is 18.7. The molecule has 0 saturated carbocycles. The van der Waals surface area contributed by atoms with Crippen LogP contribution in [0.5, 0.6) is 5.75 Å². The minimum Gasteiger partial charge on any atom is -0.406 e. The van der Waals surface area contributed by atoms with Gasteiger partial charge in [-0.15, -0.1) is 13.2 Å². The predicted octanol–water partition coefficient (Wildman–Crippen LogP) is 3.87. The molecule has 0 spiro atoms. The maximum atomic E-state index is 12.5. The van der Waals surface area contributed by atoms with E-state index in [1.165, 1.54) is 12.1 Å². The van der Waals surface area contributed by atoms with E-state index in [-0.39, 0.29) is 18.3 Å². The zero-order chi connectivity index (χ0) is 24.8. The summed E-state index contributed by atoms with van der Waals surface area (Å²) >= 11 is 0. The molecule has 1 fully saturated rings. The van der Waals surface area contributed by atoms with Crippen molar-refractivity contribution >= 4 is 28.3 Å². The number of rotatable bonds is 6. The van der Waals surface area contributed by atoms with Gasteiger partial charge in [-0.25, -0.2) is 0 Å². The van der Waals surface area contributed by atoms with Crippen LogP contribution in [-0.4, -0.2) is 55.9 Å². The first-order valence-corrected chi connectivity index (χ1v) is 11.0. The molecule has 1 atom stereocenters. The average molecular weight is 487 g/mol. The number of fused-ring (bicyclic) bond motifs is 1. The summed E-state index contributed by atoms with van der Waals surface area (Å²) in [6.45, 7) is 2.71. The lowest BCUT2D eigenvalue weighted by molar-refractivity contribution is -0.274. The number of anilines is 1. The van der Waals surface area contributed by atoms with Gasteiger partial charge in [-0.1, -0.05) is 42.5 Å². The van der Waals surface area contributed by atoms with Crippen LogP contribution in [0.15, 0.2) is 66.7 Å². The van der Waals surface area contributed by atoms with Gasteiger partial charge < -0.3 is 20.1 Å². The van der Waals surface area contributed by atoms with Crippen LogP contribution in [0, 0.1) is 0 Å². The molecule has 1 heterocycles. The number of ether oxygens (including phenoxy) is 2. The number of carbonyl (C=O) groups excluding carboxylic acids is 2. The lowest BCUT2D eigenvalue weighted by Crippen LogP contribution is -2.45. The van der Waals surface area contributed by atoms with Gasteiger partial charge in [0.1, 0.15) is 5.75 Å². The normalized spacial score (nSPS) is 15.4. The van der Waals surface area contributed by atoms with Crippen molar-refractivity contribution in [2.45, 2.75) is 12.4 Å². The molecule has 0 aromatic heterocycles. The van der Waals surface area contributed by atoms with E-state index in [4.69, 9.17) is 4.74 Å². The molecule has 3 aromatic rings. The second-order valence-corrected chi connectivity index (χ2v) is 7.97. The van der Waals surface area contributed by atoms with Gasteiger partial charge in [0.05, 0.1) is 19.3 Å². The van der Waals surface area contributed by atoms with Gasteiger partial charge >= 0.3 is 18.2 Å². The van der Waals surface area contributed by atoms with Crippen LogP contribution in [-0.2, 0) is 14.3 Å². The predicted molar refractivity (Wildman–Crippen MR) is 124 cm³/mol. The minimum atomic E-state index is -4.81. The van der Waals surface area contributed by atoms with Gasteiger partial charge in [0.2, 0.25) is 0 Å². The Kier molecular flexibility index (Phi) is 7.52. The Bertz CT molecular complexity index is 1170. The van der Waals surface area contributed by atoms with E-state index < -0.39 is 23.9 Å². The fourth-order valence-electron chi connectivity index (χ4n) is 4.06. The highest BCUT2D eigenvalue weighted by molar-refractivity contribution is 6.39. The third-order valence-corrected chi connectivity index (χ3v) is 5.68. The number of nitrogens with one attached hydrogen (secondary N) is 2. The highest BCUT2D eigenvalue weighted by Gasteiger charge is 2.31. The molecule has 0 aliphatic carbocycles. The standard InChI is InChI=1S/C25H24F3N3O4/c26-25(27,28)35-19-10-8-18(9-11-19)30-24(33)23(32)29-16-22(31-12-14-34-15-13-31)21-7-3-5-17-4-1-2-6-20(17)21/h1-11,22H,12-16H2,(H,29,32)(H,30,33)/t22-/m1/s1. The summed E-state index contributed by atoms with van der Waals surface area (Å²) in [6, 6.07) is 18.3. The molecule has 2 N–H and O–H groups in total. The Morgan fingerprint density at radius 3 is 2.34 bits per heavy atom. The summed E-state index contributed by atoms with van der Waals surface area (Å²) in [7, 11) is 0. The largest absolute Gasteiger partial charge is 0.573 e. The number of amides is 2. The van der Waals surface area contributed by atoms with Gasteiger partial charge in [-0.05, 0) is 40.6 Å². The van der Waals surface area contributed by atoms with Crippen molar-refractivity contribution in [1.82, 2.24) is 10.2 Å². The quantitative estimate of drug-likeness (QED) is 0.516. The van der Waals surface area contributed by atoms with E-state index in [0.29, 0.717) is 26.3 Å². The maximum absolute atomic E-state index is 12.5. The van der Waals surface area contributed by atoms with Crippen LogP contribution >= 0.6 is 0 Å². The molecule has 3 aromatic carbocycles. The number of morpholine rings is 1. The van der Waals surface area contributed by atoms with Crippen LogP contribution in [0.4, 0.5) is 18.9 Å². The molecule has 0 unspecified atom stereocenters. The fraction of sp³-hybridized carbons (Fsp3) is 0.280. The van der Waals surface area contributed by atoms with Crippen molar-refractivity contribution < 1.29 is 32.2 Å². The highest BCUT2D eigenvalue weighted by Crippen LogP contribution is 2.29. The number of carbonyl (C=O) groups is 2. The van der Waals surface area contributed by atoms with Gasteiger partial charge in [0.15, 0.2) is 0 Å². The minimum absolute atomic E-state index is 0.165. The van der Waals surface area contributed by atoms with Crippen molar-refractivity contribution in [1.29, 1.82) is 0 Å². The fourth-order valence-corrected chi connectivity index (χ4v) is 4.06. The molecule has 35 heavy (non-hydrogen) atoms. The second kappa shape index (κ2) is 10.7. The molecule has 184 valence electrons. The van der Waals surface area contributed by atoms with Crippen LogP contribution in [0.3, 0.4) is 0 Å². The number of benzene rings is 3. The summed E-state index contributed by atoms with van der Waals surface area (Å²) in [5.41, 5.74) is 1.20. The lowest BCUT2D eigenvalue weighted by atomic mass is 9.97. The monoisotopic (exact) mass is 487 g/mol. The molecule has 1 saturated heterocycles. The number of nitrogens with zero attached hydrogens (tertiary/aromatic N) is 1. The maximum Gasteiger partial charge on any atom is 0.573 e. The third kappa shape index (κ3) is 6.49.